The smallest absolute Gasteiger partial charge is 0.305 e. The van der Waals surface area contributed by atoms with Crippen molar-refractivity contribution in [1.82, 2.24) is 4.90 Å². The van der Waals surface area contributed by atoms with E-state index < -0.39 is 23.7 Å². The van der Waals surface area contributed by atoms with Crippen LogP contribution in [0.4, 0.5) is 0 Å². The second-order valence-corrected chi connectivity index (χ2v) is 6.85. The lowest BCUT2D eigenvalue weighted by atomic mass is 9.95. The number of carboxylic acid groups (broad SMARTS) is 1. The molecule has 1 fully saturated rings. The minimum Gasteiger partial charge on any atom is -0.507 e. The Labute approximate surface area is 171 Å². The van der Waals surface area contributed by atoms with Crippen LogP contribution in [0.2, 0.25) is 5.02 Å². The number of methoxy groups -OCH3 is 1. The Morgan fingerprint density at radius 2 is 1.69 bits per heavy atom. The molecule has 2 N–H and O–H groups in total. The molecule has 3 rings (SSSR count). The van der Waals surface area contributed by atoms with Gasteiger partial charge in [-0.05, 0) is 42.0 Å². The molecule has 8 heteroatoms. The number of likely N-dealkylation sites (tertiary alicyclic amines) is 1. The van der Waals surface area contributed by atoms with Gasteiger partial charge in [-0.15, -0.1) is 0 Å². The number of ketones is 1. The number of rotatable bonds is 6. The van der Waals surface area contributed by atoms with E-state index >= 15 is 0 Å². The second-order valence-electron chi connectivity index (χ2n) is 6.42. The van der Waals surface area contributed by atoms with Crippen molar-refractivity contribution < 1.29 is 29.3 Å². The molecule has 1 atom stereocenters. The van der Waals surface area contributed by atoms with E-state index in [4.69, 9.17) is 21.4 Å². The van der Waals surface area contributed by atoms with Crippen molar-refractivity contribution in [1.29, 1.82) is 0 Å². The molecule has 2 aromatic carbocycles. The number of amides is 1. The van der Waals surface area contributed by atoms with Gasteiger partial charge in [0.05, 0.1) is 25.1 Å². The maximum atomic E-state index is 12.7. The Morgan fingerprint density at radius 3 is 2.24 bits per heavy atom. The Balaban J connectivity index is 2.13. The lowest BCUT2D eigenvalue weighted by Crippen LogP contribution is -2.31. The van der Waals surface area contributed by atoms with Crippen LogP contribution in [0.5, 0.6) is 5.75 Å². The summed E-state index contributed by atoms with van der Waals surface area (Å²) in [6.45, 7) is -0.173. The van der Waals surface area contributed by atoms with Gasteiger partial charge in [0.1, 0.15) is 11.5 Å². The lowest BCUT2D eigenvalue weighted by Gasteiger charge is -2.25. The van der Waals surface area contributed by atoms with E-state index in [1.807, 2.05) is 0 Å². The van der Waals surface area contributed by atoms with E-state index in [2.05, 4.69) is 0 Å². The highest BCUT2D eigenvalue weighted by molar-refractivity contribution is 6.46. The second kappa shape index (κ2) is 8.36. The number of hydrogen-bond donors (Lipinski definition) is 2. The summed E-state index contributed by atoms with van der Waals surface area (Å²) in [5.41, 5.74) is 0.767. The van der Waals surface area contributed by atoms with Gasteiger partial charge in [-0.25, -0.2) is 0 Å². The normalized spacial score (nSPS) is 18.1. The number of aliphatic carboxylic acids is 1. The van der Waals surface area contributed by atoms with E-state index in [1.54, 1.807) is 36.4 Å². The van der Waals surface area contributed by atoms with Crippen molar-refractivity contribution in [3.8, 4) is 5.75 Å². The molecule has 29 heavy (non-hydrogen) atoms. The fourth-order valence-electron chi connectivity index (χ4n) is 3.22. The number of aliphatic hydroxyl groups excluding tert-OH is 1. The summed E-state index contributed by atoms with van der Waals surface area (Å²) < 4.78 is 5.14. The van der Waals surface area contributed by atoms with Crippen LogP contribution in [0.1, 0.15) is 23.6 Å². The van der Waals surface area contributed by atoms with E-state index in [0.717, 1.165) is 0 Å². The maximum absolute atomic E-state index is 12.7. The van der Waals surface area contributed by atoms with Crippen molar-refractivity contribution in [2.24, 2.45) is 0 Å². The number of carbonyl (C=O) groups is 3. The predicted octanol–water partition coefficient (Wildman–Crippen LogP) is 3.25. The summed E-state index contributed by atoms with van der Waals surface area (Å²) in [5.74, 6) is -2.60. The van der Waals surface area contributed by atoms with Crippen LogP contribution in [0.15, 0.2) is 54.1 Å². The number of carboxylic acids is 1. The van der Waals surface area contributed by atoms with Gasteiger partial charge in [-0.2, -0.15) is 0 Å². The summed E-state index contributed by atoms with van der Waals surface area (Å²) in [4.78, 5) is 37.6. The number of ether oxygens (including phenoxy) is 1. The molecule has 1 aliphatic heterocycles. The third-order valence-corrected chi connectivity index (χ3v) is 4.91. The zero-order chi connectivity index (χ0) is 21.1. The molecule has 0 aliphatic carbocycles. The van der Waals surface area contributed by atoms with Crippen LogP contribution in [-0.2, 0) is 14.4 Å². The van der Waals surface area contributed by atoms with Gasteiger partial charge in [0.15, 0.2) is 0 Å². The van der Waals surface area contributed by atoms with Crippen LogP contribution >= 0.6 is 11.6 Å². The first-order chi connectivity index (χ1) is 13.8. The quantitative estimate of drug-likeness (QED) is 0.426. The molecule has 1 amide bonds. The fraction of sp³-hybridized carbons (Fsp3) is 0.190. The number of Topliss-reactive ketones (excluding diaryl/α,β-unsaturated/α-hetero) is 1. The summed E-state index contributed by atoms with van der Waals surface area (Å²) >= 11 is 5.88. The van der Waals surface area contributed by atoms with Gasteiger partial charge in [0.25, 0.3) is 11.7 Å². The van der Waals surface area contributed by atoms with Crippen LogP contribution in [-0.4, -0.2) is 46.4 Å². The van der Waals surface area contributed by atoms with E-state index in [1.165, 1.54) is 24.1 Å². The molecular weight excluding hydrogens is 398 g/mol. The van der Waals surface area contributed by atoms with Crippen molar-refractivity contribution in [2.75, 3.05) is 13.7 Å². The minimum atomic E-state index is -1.10. The van der Waals surface area contributed by atoms with Gasteiger partial charge in [-0.1, -0.05) is 23.7 Å². The molecular formula is C21H18ClNO6. The van der Waals surface area contributed by atoms with Gasteiger partial charge in [0.2, 0.25) is 0 Å². The van der Waals surface area contributed by atoms with E-state index in [0.29, 0.717) is 21.9 Å². The van der Waals surface area contributed by atoms with Crippen molar-refractivity contribution in [2.45, 2.75) is 12.5 Å². The number of aliphatic hydroxyl groups is 1. The molecule has 0 aromatic heterocycles. The largest absolute Gasteiger partial charge is 0.507 e. The molecule has 0 bridgehead atoms. The zero-order valence-corrected chi connectivity index (χ0v) is 16.2. The number of benzene rings is 2. The Hall–Kier alpha value is -3.32. The third kappa shape index (κ3) is 4.09. The number of hydrogen-bond acceptors (Lipinski definition) is 5. The van der Waals surface area contributed by atoms with Crippen molar-refractivity contribution >= 4 is 35.0 Å². The zero-order valence-electron chi connectivity index (χ0n) is 15.5. The number of nitrogens with zero attached hydrogens (tertiary/aromatic N) is 1. The predicted molar refractivity (Wildman–Crippen MR) is 106 cm³/mol. The van der Waals surface area contributed by atoms with Crippen LogP contribution < -0.4 is 4.74 Å². The van der Waals surface area contributed by atoms with Crippen LogP contribution in [0.3, 0.4) is 0 Å². The van der Waals surface area contributed by atoms with Crippen LogP contribution in [0, 0.1) is 0 Å². The molecule has 2 aromatic rings. The van der Waals surface area contributed by atoms with E-state index in [9.17, 15) is 19.5 Å². The van der Waals surface area contributed by atoms with Crippen LogP contribution in [0.25, 0.3) is 5.76 Å². The lowest BCUT2D eigenvalue weighted by molar-refractivity contribution is -0.142. The van der Waals surface area contributed by atoms with Gasteiger partial charge in [0, 0.05) is 17.1 Å². The fourth-order valence-corrected chi connectivity index (χ4v) is 3.35. The molecule has 0 radical (unpaired) electrons. The molecule has 150 valence electrons. The first kappa shape index (κ1) is 20.4. The van der Waals surface area contributed by atoms with Crippen molar-refractivity contribution in [3.63, 3.8) is 0 Å². The highest BCUT2D eigenvalue weighted by Crippen LogP contribution is 2.39. The summed E-state index contributed by atoms with van der Waals surface area (Å²) in [6.07, 6.45) is -0.333. The standard InChI is InChI=1S/C21H18ClNO6/c1-29-15-8-4-12(5-9-15)18-17(19(26)13-2-6-14(22)7-3-13)20(27)21(28)23(18)11-10-16(24)25/h2-9,18,26H,10-11H2,1H3,(H,24,25). The Kier molecular flexibility index (Phi) is 5.89. The summed E-state index contributed by atoms with van der Waals surface area (Å²) in [6, 6.07) is 11.9. The Bertz CT molecular complexity index is 981. The molecule has 0 spiro atoms. The molecule has 7 nitrogen and oxygen atoms in total. The summed E-state index contributed by atoms with van der Waals surface area (Å²) in [5, 5.41) is 20.3. The molecule has 1 unspecified atom stereocenters. The average Bonchev–Trinajstić information content (AvgIpc) is 2.97. The first-order valence-electron chi connectivity index (χ1n) is 8.73. The number of halogens is 1. The summed E-state index contributed by atoms with van der Waals surface area (Å²) in [7, 11) is 1.51. The SMILES string of the molecule is COc1ccc(C2C(=C(O)c3ccc(Cl)cc3)C(=O)C(=O)N2CCC(=O)O)cc1. The molecule has 0 saturated carbocycles. The highest BCUT2D eigenvalue weighted by Gasteiger charge is 2.46. The maximum Gasteiger partial charge on any atom is 0.305 e. The Morgan fingerprint density at radius 1 is 1.07 bits per heavy atom. The van der Waals surface area contributed by atoms with Gasteiger partial charge in [-0.3, -0.25) is 14.4 Å². The van der Waals surface area contributed by atoms with Gasteiger partial charge >= 0.3 is 5.97 Å². The monoisotopic (exact) mass is 415 g/mol. The van der Waals surface area contributed by atoms with Gasteiger partial charge < -0.3 is 19.8 Å². The van der Waals surface area contributed by atoms with Crippen molar-refractivity contribution in [3.05, 3.63) is 70.3 Å². The first-order valence-corrected chi connectivity index (χ1v) is 9.11. The molecule has 1 heterocycles. The topological polar surface area (TPSA) is 104 Å². The average molecular weight is 416 g/mol. The highest BCUT2D eigenvalue weighted by atomic mass is 35.5. The third-order valence-electron chi connectivity index (χ3n) is 4.66. The molecule has 1 aliphatic rings. The van der Waals surface area contributed by atoms with E-state index in [-0.39, 0.29) is 24.3 Å². The minimum absolute atomic E-state index is 0.104. The number of carbonyl (C=O) groups excluding carboxylic acids is 2. The molecule has 1 saturated heterocycles.